The molecule has 2 aromatic heterocycles. The first-order valence-electron chi connectivity index (χ1n) is 15.8. The summed E-state index contributed by atoms with van der Waals surface area (Å²) in [5.41, 5.74) is 4.76. The normalized spacial score (nSPS) is 12.4. The highest BCUT2D eigenvalue weighted by atomic mass is 16.5. The zero-order valence-corrected chi connectivity index (χ0v) is 27.2. The lowest BCUT2D eigenvalue weighted by molar-refractivity contribution is -0.120. The number of aliphatic hydroxyl groups is 1. The highest BCUT2D eigenvalue weighted by Gasteiger charge is 2.23. The van der Waals surface area contributed by atoms with E-state index < -0.39 is 0 Å². The Bertz CT molecular complexity index is 1680. The fraction of sp³-hybridized carbons (Fsp3) is 0.441. The number of aromatic nitrogens is 4. The number of unbranched alkanes of at least 4 members (excludes halogenated alkanes) is 1. The van der Waals surface area contributed by atoms with E-state index in [9.17, 15) is 14.7 Å². The number of carbonyl (C=O) groups excluding carboxylic acids is 2. The molecule has 1 atom stereocenters. The maximum Gasteiger partial charge on any atom is 0.272 e. The van der Waals surface area contributed by atoms with Crippen molar-refractivity contribution < 1.29 is 19.4 Å². The Morgan fingerprint density at radius 2 is 1.91 bits per heavy atom. The molecule has 0 saturated carbocycles. The SMILES string of the molecule is CCCCC(CC)C(=O)Nc1ccc(OC)c(-c2nnc3c(=Cc4ccc(N(CC)CCO)cc4C)c(C(=O)NCC)nn23)c1. The third-order valence-corrected chi connectivity index (χ3v) is 8.04. The van der Waals surface area contributed by atoms with E-state index in [2.05, 4.69) is 43.8 Å². The van der Waals surface area contributed by atoms with Crippen molar-refractivity contribution in [2.45, 2.75) is 60.3 Å². The third-order valence-electron chi connectivity index (χ3n) is 8.04. The Balaban J connectivity index is 1.81. The Morgan fingerprint density at radius 1 is 1.11 bits per heavy atom. The van der Waals surface area contributed by atoms with E-state index in [1.807, 2.05) is 45.9 Å². The van der Waals surface area contributed by atoms with E-state index in [0.717, 1.165) is 49.0 Å². The maximum atomic E-state index is 13.2. The largest absolute Gasteiger partial charge is 0.496 e. The van der Waals surface area contributed by atoms with Crippen LogP contribution in [0, 0.1) is 12.8 Å². The van der Waals surface area contributed by atoms with Gasteiger partial charge in [-0.1, -0.05) is 32.8 Å². The number of hydrogen-bond donors (Lipinski definition) is 3. The molecule has 1 unspecified atom stereocenters. The first-order valence-corrected chi connectivity index (χ1v) is 15.8. The Kier molecular flexibility index (Phi) is 11.5. The molecule has 2 aromatic carbocycles. The molecule has 240 valence electrons. The van der Waals surface area contributed by atoms with Crippen LogP contribution in [0.5, 0.6) is 5.75 Å². The van der Waals surface area contributed by atoms with Crippen LogP contribution in [0.3, 0.4) is 0 Å². The summed E-state index contributed by atoms with van der Waals surface area (Å²) in [5, 5.41) is 29.5. The van der Waals surface area contributed by atoms with Crippen LogP contribution < -0.4 is 25.5 Å². The molecule has 11 nitrogen and oxygen atoms in total. The number of carbonyl (C=O) groups is 2. The van der Waals surface area contributed by atoms with Gasteiger partial charge in [-0.15, -0.1) is 10.2 Å². The molecule has 45 heavy (non-hydrogen) atoms. The summed E-state index contributed by atoms with van der Waals surface area (Å²) in [4.78, 5) is 28.4. The van der Waals surface area contributed by atoms with E-state index in [1.165, 1.54) is 0 Å². The average molecular weight is 616 g/mol. The average Bonchev–Trinajstić information content (AvgIpc) is 3.61. The quantitative estimate of drug-likeness (QED) is 0.179. The minimum atomic E-state index is -0.319. The molecular weight excluding hydrogens is 570 g/mol. The number of ether oxygens (including phenoxy) is 1. The van der Waals surface area contributed by atoms with Gasteiger partial charge in [-0.05, 0) is 81.1 Å². The van der Waals surface area contributed by atoms with E-state index in [0.29, 0.717) is 46.8 Å². The number of nitrogens with one attached hydrogen (secondary N) is 2. The van der Waals surface area contributed by atoms with Crippen molar-refractivity contribution in [1.29, 1.82) is 0 Å². The van der Waals surface area contributed by atoms with Gasteiger partial charge in [-0.25, -0.2) is 0 Å². The lowest BCUT2D eigenvalue weighted by Crippen LogP contribution is -2.28. The molecule has 0 bridgehead atoms. The Hall–Kier alpha value is -4.51. The Morgan fingerprint density at radius 3 is 2.56 bits per heavy atom. The van der Waals surface area contributed by atoms with Gasteiger partial charge in [0, 0.05) is 36.9 Å². The molecule has 0 spiro atoms. The zero-order chi connectivity index (χ0) is 32.5. The van der Waals surface area contributed by atoms with Crippen molar-refractivity contribution in [1.82, 2.24) is 25.1 Å². The second-order valence-corrected chi connectivity index (χ2v) is 11.0. The molecular formula is C34H45N7O4. The maximum absolute atomic E-state index is 13.2. The molecule has 4 aromatic rings. The van der Waals surface area contributed by atoms with Crippen molar-refractivity contribution >= 4 is 34.9 Å². The topological polar surface area (TPSA) is 134 Å². The highest BCUT2D eigenvalue weighted by molar-refractivity contribution is 5.95. The third kappa shape index (κ3) is 7.42. The van der Waals surface area contributed by atoms with Crippen molar-refractivity contribution in [2.75, 3.05) is 43.6 Å². The molecule has 0 aliphatic heterocycles. The van der Waals surface area contributed by atoms with Gasteiger partial charge in [0.2, 0.25) is 5.91 Å². The van der Waals surface area contributed by atoms with E-state index in [1.54, 1.807) is 29.8 Å². The smallest absolute Gasteiger partial charge is 0.272 e. The predicted molar refractivity (Wildman–Crippen MR) is 178 cm³/mol. The van der Waals surface area contributed by atoms with Gasteiger partial charge >= 0.3 is 0 Å². The van der Waals surface area contributed by atoms with Gasteiger partial charge in [-0.2, -0.15) is 9.61 Å². The van der Waals surface area contributed by atoms with Crippen LogP contribution in [0.15, 0.2) is 36.4 Å². The van der Waals surface area contributed by atoms with Crippen molar-refractivity contribution in [3.05, 3.63) is 58.4 Å². The van der Waals surface area contributed by atoms with E-state index in [4.69, 9.17) is 4.74 Å². The number of aliphatic hydroxyl groups excluding tert-OH is 1. The molecule has 2 heterocycles. The number of hydrogen-bond acceptors (Lipinski definition) is 8. The minimum absolute atomic E-state index is 0.0184. The molecule has 0 saturated heterocycles. The van der Waals surface area contributed by atoms with E-state index in [-0.39, 0.29) is 30.0 Å². The second-order valence-electron chi connectivity index (χ2n) is 11.0. The van der Waals surface area contributed by atoms with Gasteiger partial charge in [-0.3, -0.25) is 9.59 Å². The number of aryl methyl sites for hydroxylation is 1. The molecule has 4 rings (SSSR count). The first kappa shape index (κ1) is 33.4. The Labute approximate surface area is 264 Å². The number of amides is 2. The summed E-state index contributed by atoms with van der Waals surface area (Å²) < 4.78 is 7.22. The number of nitrogens with zero attached hydrogens (tertiary/aromatic N) is 5. The standard InChI is InChI=1S/C34H45N7O4/c1-7-11-12-23(8-2)33(43)36-25-14-16-29(45-6)27(21-25)31-37-38-32-28(30(39-41(31)32)34(44)35-9-3)20-24-13-15-26(19-22(24)5)40(10-4)17-18-42/h13-16,19-21,23,42H,7-12,17-18H2,1-6H3,(H,35,44)(H,36,43). The second kappa shape index (κ2) is 15.5. The zero-order valence-electron chi connectivity index (χ0n) is 27.2. The fourth-order valence-corrected chi connectivity index (χ4v) is 5.46. The number of methoxy groups -OCH3 is 1. The van der Waals surface area contributed by atoms with Crippen LogP contribution in [-0.2, 0) is 4.79 Å². The molecule has 0 aliphatic rings. The van der Waals surface area contributed by atoms with Crippen LogP contribution in [0.25, 0.3) is 23.1 Å². The summed E-state index contributed by atoms with van der Waals surface area (Å²) in [6, 6.07) is 11.4. The van der Waals surface area contributed by atoms with Crippen LogP contribution in [0.2, 0.25) is 0 Å². The lowest BCUT2D eigenvalue weighted by Gasteiger charge is -2.22. The number of likely N-dealkylation sites (N-methyl/N-ethyl adjacent to an activating group) is 1. The molecule has 0 fully saturated rings. The van der Waals surface area contributed by atoms with Gasteiger partial charge in [0.1, 0.15) is 5.75 Å². The van der Waals surface area contributed by atoms with Crippen LogP contribution in [0.1, 0.15) is 75.0 Å². The summed E-state index contributed by atoms with van der Waals surface area (Å²) in [5.74, 6) is 0.511. The van der Waals surface area contributed by atoms with Gasteiger partial charge in [0.15, 0.2) is 17.2 Å². The number of anilines is 2. The molecule has 2 amide bonds. The lowest BCUT2D eigenvalue weighted by atomic mass is 9.98. The van der Waals surface area contributed by atoms with Gasteiger partial charge in [0.25, 0.3) is 5.91 Å². The fourth-order valence-electron chi connectivity index (χ4n) is 5.46. The first-order chi connectivity index (χ1) is 21.8. The molecule has 3 N–H and O–H groups in total. The van der Waals surface area contributed by atoms with Gasteiger partial charge in [0.05, 0.1) is 24.5 Å². The van der Waals surface area contributed by atoms with Crippen LogP contribution in [0.4, 0.5) is 11.4 Å². The van der Waals surface area contributed by atoms with Crippen molar-refractivity contribution in [3.63, 3.8) is 0 Å². The van der Waals surface area contributed by atoms with Crippen LogP contribution in [-0.4, -0.2) is 70.1 Å². The number of benzene rings is 2. The number of fused-ring (bicyclic) bond motifs is 1. The number of rotatable bonds is 15. The monoisotopic (exact) mass is 615 g/mol. The highest BCUT2D eigenvalue weighted by Crippen LogP contribution is 2.32. The van der Waals surface area contributed by atoms with Crippen molar-refractivity contribution in [3.8, 4) is 17.1 Å². The summed E-state index contributed by atoms with van der Waals surface area (Å²) in [6.07, 6.45) is 5.55. The molecule has 11 heteroatoms. The van der Waals surface area contributed by atoms with Crippen LogP contribution >= 0.6 is 0 Å². The predicted octanol–water partition coefficient (Wildman–Crippen LogP) is 4.38. The molecule has 0 aliphatic carbocycles. The van der Waals surface area contributed by atoms with Gasteiger partial charge < -0.3 is 25.4 Å². The summed E-state index contributed by atoms with van der Waals surface area (Å²) in [7, 11) is 1.57. The van der Waals surface area contributed by atoms with E-state index >= 15 is 0 Å². The molecule has 0 radical (unpaired) electrons. The minimum Gasteiger partial charge on any atom is -0.496 e. The summed E-state index contributed by atoms with van der Waals surface area (Å²) >= 11 is 0. The van der Waals surface area contributed by atoms with Crippen molar-refractivity contribution in [2.24, 2.45) is 5.92 Å². The summed E-state index contributed by atoms with van der Waals surface area (Å²) in [6.45, 7) is 11.9.